The molecule has 0 amide bonds. The molecule has 0 spiro atoms. The van der Waals surface area contributed by atoms with Gasteiger partial charge in [0.1, 0.15) is 11.4 Å². The third kappa shape index (κ3) is 5.48. The normalized spacial score (nSPS) is 12.4. The van der Waals surface area contributed by atoms with Crippen LogP contribution in [-0.2, 0) is 21.1 Å². The van der Waals surface area contributed by atoms with Crippen molar-refractivity contribution in [2.45, 2.75) is 6.92 Å². The Balaban J connectivity index is 0.00000384. The summed E-state index contributed by atoms with van der Waals surface area (Å²) in [4.78, 5) is 9.21. The fraction of sp³-hybridized carbons (Fsp3) is 0.0204. The van der Waals surface area contributed by atoms with E-state index in [4.69, 9.17) is 14.1 Å². The number of para-hydroxylation sites is 3. The zero-order valence-corrected chi connectivity index (χ0v) is 32.4. The van der Waals surface area contributed by atoms with Crippen molar-refractivity contribution in [2.75, 3.05) is 9.80 Å². The van der Waals surface area contributed by atoms with E-state index in [1.165, 1.54) is 0 Å². The third-order valence-electron chi connectivity index (χ3n) is 10.4. The smallest absolute Gasteiger partial charge is 0.135 e. The van der Waals surface area contributed by atoms with E-state index in [9.17, 15) is 0 Å². The first kappa shape index (κ1) is 33.9. The summed E-state index contributed by atoms with van der Waals surface area (Å²) in [5, 5.41) is 2.07. The van der Waals surface area contributed by atoms with Gasteiger partial charge in [0.05, 0.1) is 0 Å². The van der Waals surface area contributed by atoms with Crippen molar-refractivity contribution in [3.8, 4) is 39.6 Å². The van der Waals surface area contributed by atoms with Crippen LogP contribution < -0.4 is 14.5 Å². The fourth-order valence-corrected chi connectivity index (χ4v) is 7.97. The number of anilines is 4. The molecule has 0 radical (unpaired) electrons. The molecule has 0 aliphatic carbocycles. The molecule has 0 saturated heterocycles. The molecule has 0 N–H and O–H groups in total. The maximum Gasteiger partial charge on any atom is 0.135 e. The van der Waals surface area contributed by atoms with Crippen molar-refractivity contribution in [3.63, 3.8) is 0 Å². The first-order valence-electron chi connectivity index (χ1n) is 18.3. The molecule has 10 aromatic rings. The molecule has 4 heterocycles. The minimum atomic E-state index is 0. The Labute approximate surface area is 338 Å². The van der Waals surface area contributed by atoms with Crippen LogP contribution in [0.15, 0.2) is 168 Å². The maximum absolute atomic E-state index is 6.60. The van der Waals surface area contributed by atoms with E-state index in [-0.39, 0.29) is 21.1 Å². The Bertz CT molecular complexity index is 2970. The molecule has 7 aromatic carbocycles. The average molecular weight is 903 g/mol. The monoisotopic (exact) mass is 902 g/mol. The second-order valence-corrected chi connectivity index (χ2v) is 13.8. The number of pyridine rings is 1. The Kier molecular flexibility index (Phi) is 8.23. The Morgan fingerprint density at radius 1 is 0.607 bits per heavy atom. The molecule has 7 heteroatoms. The number of rotatable bonds is 7. The second kappa shape index (κ2) is 13.6. The van der Waals surface area contributed by atoms with E-state index in [0.717, 1.165) is 89.4 Å². The summed E-state index contributed by atoms with van der Waals surface area (Å²) in [5.41, 5.74) is 13.2. The van der Waals surface area contributed by atoms with Gasteiger partial charge in [-0.2, -0.15) is 6.07 Å². The molecule has 0 fully saturated rings. The van der Waals surface area contributed by atoms with Gasteiger partial charge in [-0.25, -0.2) is 4.98 Å². The molecule has 56 heavy (non-hydrogen) atoms. The van der Waals surface area contributed by atoms with Crippen molar-refractivity contribution in [1.82, 2.24) is 9.55 Å². The molecular weight excluding hydrogens is 872 g/mol. The van der Waals surface area contributed by atoms with Gasteiger partial charge in [0, 0.05) is 78.0 Å². The minimum Gasteiger partial charge on any atom is -0.509 e. The van der Waals surface area contributed by atoms with Crippen LogP contribution in [-0.4, -0.2) is 9.55 Å². The summed E-state index contributed by atoms with van der Waals surface area (Å²) >= 11 is 0. The maximum atomic E-state index is 6.60. The minimum absolute atomic E-state index is 0. The van der Waals surface area contributed by atoms with Gasteiger partial charge in [-0.3, -0.25) is 0 Å². The number of fused-ring (bicyclic) bond motifs is 1. The molecule has 0 unspecified atom stereocenters. The number of aryl methyl sites for hydroxylation is 1. The van der Waals surface area contributed by atoms with E-state index >= 15 is 0 Å². The number of ether oxygens (including phenoxy) is 1. The fourth-order valence-electron chi connectivity index (χ4n) is 7.97. The van der Waals surface area contributed by atoms with Gasteiger partial charge in [-0.05, 0) is 65.4 Å². The quantitative estimate of drug-likeness (QED) is 0.149. The molecule has 3 aromatic heterocycles. The average Bonchev–Trinajstić information content (AvgIpc) is 3.92. The molecule has 6 nitrogen and oxygen atoms in total. The van der Waals surface area contributed by atoms with Crippen molar-refractivity contribution >= 4 is 55.7 Å². The second-order valence-electron chi connectivity index (χ2n) is 13.8. The predicted molar refractivity (Wildman–Crippen MR) is 221 cm³/mol. The predicted octanol–water partition coefficient (Wildman–Crippen LogP) is 12.8. The standard InChI is InChI=1S/C49H31N4O2.Pt/c1-32-25-26-50-46(27-32)53-42-23-12-24-44-47(42)48-43(53)29-37(30-45(48)55-44)54-36-18-10-17-35(28-36)51-31-52(41-22-9-8-21-40(41)51)49-38(33-13-4-2-5-14-33)19-11-20-39(49)34-15-6-3-7-16-34;/h2-27,30-31H,1H3;/q-3;. The van der Waals surface area contributed by atoms with Gasteiger partial charge in [0.25, 0.3) is 0 Å². The van der Waals surface area contributed by atoms with Crippen molar-refractivity contribution < 1.29 is 30.2 Å². The summed E-state index contributed by atoms with van der Waals surface area (Å²) in [6, 6.07) is 61.4. The zero-order valence-electron chi connectivity index (χ0n) is 30.1. The van der Waals surface area contributed by atoms with Crippen LogP contribution in [0.4, 0.5) is 22.7 Å². The summed E-state index contributed by atoms with van der Waals surface area (Å²) in [5.74, 6) is 1.92. The first-order chi connectivity index (χ1) is 27.2. The number of hydrogen-bond acceptors (Lipinski definition) is 5. The van der Waals surface area contributed by atoms with E-state index in [2.05, 4.69) is 161 Å². The first-order valence-corrected chi connectivity index (χ1v) is 18.3. The molecular formula is C49H31N4O2Pt-3. The number of hydrogen-bond donors (Lipinski definition) is 0. The molecule has 11 rings (SSSR count). The van der Waals surface area contributed by atoms with Crippen LogP contribution >= 0.6 is 0 Å². The molecule has 0 atom stereocenters. The van der Waals surface area contributed by atoms with E-state index in [1.807, 2.05) is 42.6 Å². The van der Waals surface area contributed by atoms with Gasteiger partial charge in [-0.15, -0.1) is 36.6 Å². The SMILES string of the molecule is Cc1ccnc(-n2c3[c-]c(Oc4[c-]c(N5[CH-]N(c6c(-c7ccccc7)cccc6-c6ccccc6)c6ccccc65)ccc4)cc4oc5cccc2c5c43)c1.[Pt]. The van der Waals surface area contributed by atoms with Gasteiger partial charge in [0.2, 0.25) is 0 Å². The number of furan rings is 1. The summed E-state index contributed by atoms with van der Waals surface area (Å²) in [6.07, 6.45) is 1.84. The van der Waals surface area contributed by atoms with Gasteiger partial charge < -0.3 is 23.5 Å². The van der Waals surface area contributed by atoms with E-state index in [0.29, 0.717) is 11.5 Å². The van der Waals surface area contributed by atoms with E-state index in [1.54, 1.807) is 0 Å². The number of aromatic nitrogens is 2. The van der Waals surface area contributed by atoms with Crippen LogP contribution in [0.25, 0.3) is 61.0 Å². The van der Waals surface area contributed by atoms with Crippen molar-refractivity contribution in [3.05, 3.63) is 188 Å². The number of nitrogens with zero attached hydrogens (tertiary/aromatic N) is 4. The van der Waals surface area contributed by atoms with Crippen molar-refractivity contribution in [1.29, 1.82) is 0 Å². The third-order valence-corrected chi connectivity index (χ3v) is 10.4. The Morgan fingerprint density at radius 2 is 1.29 bits per heavy atom. The summed E-state index contributed by atoms with van der Waals surface area (Å²) in [7, 11) is 0. The van der Waals surface area contributed by atoms with Crippen LogP contribution in [0.1, 0.15) is 5.56 Å². The molecule has 0 bridgehead atoms. The Morgan fingerprint density at radius 3 is 2.02 bits per heavy atom. The molecule has 1 aliphatic heterocycles. The molecule has 272 valence electrons. The van der Waals surface area contributed by atoms with Gasteiger partial charge in [-0.1, -0.05) is 114 Å². The Hall–Kier alpha value is -6.62. The van der Waals surface area contributed by atoms with Crippen molar-refractivity contribution in [2.24, 2.45) is 0 Å². The van der Waals surface area contributed by atoms with Crippen LogP contribution in [0, 0.1) is 25.7 Å². The van der Waals surface area contributed by atoms with Gasteiger partial charge >= 0.3 is 0 Å². The van der Waals surface area contributed by atoms with Crippen LogP contribution in [0.5, 0.6) is 11.5 Å². The number of benzene rings is 7. The summed E-state index contributed by atoms with van der Waals surface area (Å²) < 4.78 is 15.1. The van der Waals surface area contributed by atoms with Crippen LogP contribution in [0.3, 0.4) is 0 Å². The van der Waals surface area contributed by atoms with E-state index < -0.39 is 0 Å². The summed E-state index contributed by atoms with van der Waals surface area (Å²) in [6.45, 7) is 4.23. The van der Waals surface area contributed by atoms with Crippen LogP contribution in [0.2, 0.25) is 0 Å². The topological polar surface area (TPSA) is 46.7 Å². The zero-order chi connectivity index (χ0) is 36.5. The molecule has 0 saturated carbocycles. The largest absolute Gasteiger partial charge is 0.509 e. The van der Waals surface area contributed by atoms with Gasteiger partial charge in [0.15, 0.2) is 0 Å². The molecule has 1 aliphatic rings.